The SMILES string of the molecule is O=C(CSc1nc2ccccc2c2nc(-c3ccncc3)nn12)N1N=CCC1c1ccccc1. The zero-order valence-corrected chi connectivity index (χ0v) is 18.8. The van der Waals surface area contributed by atoms with Crippen molar-refractivity contribution in [3.63, 3.8) is 0 Å². The first kappa shape index (κ1) is 20.5. The van der Waals surface area contributed by atoms with Crippen molar-refractivity contribution in [2.24, 2.45) is 5.10 Å². The molecule has 3 aromatic heterocycles. The molecule has 0 radical (unpaired) electrons. The molecule has 6 rings (SSSR count). The lowest BCUT2D eigenvalue weighted by molar-refractivity contribution is -0.130. The van der Waals surface area contributed by atoms with Gasteiger partial charge in [-0.05, 0) is 29.8 Å². The molecule has 34 heavy (non-hydrogen) atoms. The van der Waals surface area contributed by atoms with E-state index in [1.807, 2.05) is 66.7 Å². The van der Waals surface area contributed by atoms with E-state index in [2.05, 4.69) is 10.1 Å². The summed E-state index contributed by atoms with van der Waals surface area (Å²) in [6.07, 6.45) is 5.93. The van der Waals surface area contributed by atoms with Gasteiger partial charge >= 0.3 is 0 Å². The van der Waals surface area contributed by atoms with Crippen LogP contribution in [-0.2, 0) is 4.79 Å². The van der Waals surface area contributed by atoms with Gasteiger partial charge in [-0.1, -0.05) is 54.2 Å². The number of hydrogen-bond donors (Lipinski definition) is 0. The molecule has 0 saturated heterocycles. The van der Waals surface area contributed by atoms with E-state index in [1.54, 1.807) is 28.1 Å². The van der Waals surface area contributed by atoms with Crippen molar-refractivity contribution in [2.75, 3.05) is 5.75 Å². The van der Waals surface area contributed by atoms with Gasteiger partial charge in [0.2, 0.25) is 0 Å². The first-order chi connectivity index (χ1) is 16.8. The van der Waals surface area contributed by atoms with Gasteiger partial charge in [0, 0.05) is 36.0 Å². The van der Waals surface area contributed by atoms with E-state index >= 15 is 0 Å². The minimum Gasteiger partial charge on any atom is -0.272 e. The van der Waals surface area contributed by atoms with Crippen LogP contribution in [0.1, 0.15) is 18.0 Å². The quantitative estimate of drug-likeness (QED) is 0.283. The number of amides is 1. The van der Waals surface area contributed by atoms with Crippen LogP contribution < -0.4 is 0 Å². The van der Waals surface area contributed by atoms with E-state index in [0.29, 0.717) is 23.0 Å². The largest absolute Gasteiger partial charge is 0.272 e. The number of fused-ring (bicyclic) bond motifs is 3. The predicted molar refractivity (Wildman–Crippen MR) is 131 cm³/mol. The number of carbonyl (C=O) groups excluding carboxylic acids is 1. The molecule has 1 atom stereocenters. The summed E-state index contributed by atoms with van der Waals surface area (Å²) >= 11 is 1.34. The second kappa shape index (κ2) is 8.68. The van der Waals surface area contributed by atoms with Crippen molar-refractivity contribution in [3.05, 3.63) is 84.7 Å². The topological polar surface area (TPSA) is 88.6 Å². The Morgan fingerprint density at radius 1 is 0.971 bits per heavy atom. The molecule has 1 aliphatic heterocycles. The number of pyridine rings is 1. The number of benzene rings is 2. The fourth-order valence-corrected chi connectivity index (χ4v) is 4.84. The molecule has 9 heteroatoms. The van der Waals surface area contributed by atoms with Gasteiger partial charge in [0.25, 0.3) is 5.91 Å². The highest BCUT2D eigenvalue weighted by Crippen LogP contribution is 2.30. The van der Waals surface area contributed by atoms with E-state index in [4.69, 9.17) is 15.1 Å². The van der Waals surface area contributed by atoms with Gasteiger partial charge in [0.1, 0.15) is 0 Å². The molecular formula is C25H19N7OS. The Hall–Kier alpha value is -4.11. The Kier molecular flexibility index (Phi) is 5.23. The molecule has 4 heterocycles. The second-order valence-electron chi connectivity index (χ2n) is 7.81. The standard InChI is InChI=1S/C25H19N7OS/c33-22(31-21(12-15-27-31)17-6-2-1-3-7-17)16-34-25-28-20-9-5-4-8-19(20)24-29-23(30-32(24)25)18-10-13-26-14-11-18/h1-11,13-15,21H,12,16H2. The summed E-state index contributed by atoms with van der Waals surface area (Å²) in [7, 11) is 0. The van der Waals surface area contributed by atoms with Crippen molar-refractivity contribution in [1.29, 1.82) is 0 Å². The lowest BCUT2D eigenvalue weighted by Gasteiger charge is -2.22. The van der Waals surface area contributed by atoms with Crippen LogP contribution in [-0.4, -0.2) is 47.4 Å². The number of aromatic nitrogens is 5. The van der Waals surface area contributed by atoms with Gasteiger partial charge in [-0.2, -0.15) is 9.62 Å². The van der Waals surface area contributed by atoms with Crippen molar-refractivity contribution in [1.82, 2.24) is 29.6 Å². The second-order valence-corrected chi connectivity index (χ2v) is 8.75. The number of rotatable bonds is 5. The number of thioether (sulfide) groups is 1. The molecule has 0 saturated carbocycles. The highest BCUT2D eigenvalue weighted by molar-refractivity contribution is 7.99. The molecule has 1 aliphatic rings. The summed E-state index contributed by atoms with van der Waals surface area (Å²) < 4.78 is 1.72. The summed E-state index contributed by atoms with van der Waals surface area (Å²) in [4.78, 5) is 26.8. The average molecular weight is 466 g/mol. The molecule has 0 aliphatic carbocycles. The van der Waals surface area contributed by atoms with Crippen LogP contribution >= 0.6 is 11.8 Å². The first-order valence-corrected chi connectivity index (χ1v) is 11.8. The van der Waals surface area contributed by atoms with Crippen LogP contribution in [0.3, 0.4) is 0 Å². The number of hydrogen-bond acceptors (Lipinski definition) is 7. The molecule has 0 N–H and O–H groups in total. The highest BCUT2D eigenvalue weighted by Gasteiger charge is 2.28. The maximum absolute atomic E-state index is 13.1. The number of hydrazone groups is 1. The van der Waals surface area contributed by atoms with E-state index < -0.39 is 0 Å². The van der Waals surface area contributed by atoms with Crippen LogP contribution in [0.25, 0.3) is 27.9 Å². The van der Waals surface area contributed by atoms with Crippen LogP contribution in [0.2, 0.25) is 0 Å². The van der Waals surface area contributed by atoms with Gasteiger partial charge in [0.05, 0.1) is 17.3 Å². The van der Waals surface area contributed by atoms with E-state index in [9.17, 15) is 4.79 Å². The fourth-order valence-electron chi connectivity index (χ4n) is 4.05. The molecule has 0 spiro atoms. The number of carbonyl (C=O) groups is 1. The Morgan fingerprint density at radius 3 is 2.62 bits per heavy atom. The average Bonchev–Trinajstić information content (AvgIpc) is 3.57. The molecule has 0 bridgehead atoms. The van der Waals surface area contributed by atoms with Crippen molar-refractivity contribution in [2.45, 2.75) is 17.6 Å². The Labute approximate surface area is 199 Å². The minimum atomic E-state index is -0.0801. The van der Waals surface area contributed by atoms with E-state index in [1.165, 1.54) is 11.8 Å². The van der Waals surface area contributed by atoms with Gasteiger partial charge in [-0.3, -0.25) is 9.78 Å². The van der Waals surface area contributed by atoms with Gasteiger partial charge in [-0.25, -0.2) is 15.0 Å². The molecule has 5 aromatic rings. The lowest BCUT2D eigenvalue weighted by Crippen LogP contribution is -2.28. The number of nitrogens with zero attached hydrogens (tertiary/aromatic N) is 7. The zero-order chi connectivity index (χ0) is 22.9. The molecule has 2 aromatic carbocycles. The van der Waals surface area contributed by atoms with Gasteiger partial charge < -0.3 is 0 Å². The molecule has 1 unspecified atom stereocenters. The maximum Gasteiger partial charge on any atom is 0.253 e. The molecule has 1 amide bonds. The normalized spacial score (nSPS) is 15.4. The summed E-state index contributed by atoms with van der Waals surface area (Å²) in [5.74, 6) is 0.693. The third kappa shape index (κ3) is 3.69. The molecular weight excluding hydrogens is 446 g/mol. The third-order valence-electron chi connectivity index (χ3n) is 5.68. The smallest absolute Gasteiger partial charge is 0.253 e. The van der Waals surface area contributed by atoms with Gasteiger partial charge in [-0.15, -0.1) is 5.10 Å². The summed E-state index contributed by atoms with van der Waals surface area (Å²) in [6.45, 7) is 0. The summed E-state index contributed by atoms with van der Waals surface area (Å²) in [6, 6.07) is 21.5. The lowest BCUT2D eigenvalue weighted by atomic mass is 10.0. The van der Waals surface area contributed by atoms with Crippen LogP contribution in [0.15, 0.2) is 89.4 Å². The summed E-state index contributed by atoms with van der Waals surface area (Å²) in [5, 5.41) is 12.1. The van der Waals surface area contributed by atoms with Crippen LogP contribution in [0, 0.1) is 0 Å². The van der Waals surface area contributed by atoms with Crippen LogP contribution in [0.4, 0.5) is 0 Å². The van der Waals surface area contributed by atoms with Crippen molar-refractivity contribution in [3.8, 4) is 11.4 Å². The Bertz CT molecular complexity index is 1520. The Morgan fingerprint density at radius 2 is 1.76 bits per heavy atom. The molecule has 8 nitrogen and oxygen atoms in total. The first-order valence-electron chi connectivity index (χ1n) is 10.9. The van der Waals surface area contributed by atoms with Crippen molar-refractivity contribution >= 4 is 40.4 Å². The minimum absolute atomic E-state index is 0.0785. The zero-order valence-electron chi connectivity index (χ0n) is 18.0. The van der Waals surface area contributed by atoms with E-state index in [0.717, 1.165) is 22.0 Å². The van der Waals surface area contributed by atoms with Gasteiger partial charge in [0.15, 0.2) is 16.6 Å². The number of para-hydroxylation sites is 1. The van der Waals surface area contributed by atoms with Crippen molar-refractivity contribution < 1.29 is 4.79 Å². The van der Waals surface area contributed by atoms with Crippen LogP contribution in [0.5, 0.6) is 0 Å². The van der Waals surface area contributed by atoms with E-state index in [-0.39, 0.29) is 17.7 Å². The fraction of sp³-hybridized carbons (Fsp3) is 0.120. The third-order valence-corrected chi connectivity index (χ3v) is 6.60. The molecule has 166 valence electrons. The highest BCUT2D eigenvalue weighted by atomic mass is 32.2. The monoisotopic (exact) mass is 465 g/mol. The maximum atomic E-state index is 13.1. The Balaban J connectivity index is 1.32. The summed E-state index contributed by atoms with van der Waals surface area (Å²) in [5.41, 5.74) is 3.45. The predicted octanol–water partition coefficient (Wildman–Crippen LogP) is 4.39. The molecule has 0 fully saturated rings.